The first kappa shape index (κ1) is 26.9. The average Bonchev–Trinajstić information content (AvgIpc) is 3.53. The number of hydrogen-bond donors (Lipinski definition) is 3. The van der Waals surface area contributed by atoms with E-state index in [1.807, 2.05) is 84.9 Å². The number of methoxy groups -OCH3 is 1. The van der Waals surface area contributed by atoms with Crippen LogP contribution in [0.4, 0.5) is 5.82 Å². The van der Waals surface area contributed by atoms with Crippen molar-refractivity contribution in [2.45, 2.75) is 36.6 Å². The zero-order chi connectivity index (χ0) is 28.6. The van der Waals surface area contributed by atoms with Crippen molar-refractivity contribution >= 4 is 17.0 Å². The first-order valence-corrected chi connectivity index (χ1v) is 13.2. The number of ether oxygens (including phenoxy) is 3. The molecular weight excluding hydrogens is 522 g/mol. The minimum atomic E-state index is -1.69. The topological polar surface area (TPSA) is 138 Å². The zero-order valence-electron chi connectivity index (χ0n) is 22.7. The SMILES string of the molecule is COc1ccc(C(OC[C@H]2O[C@@H](n3cnc4c(N)ncnc43)[C@](C)(O)[C@@H]2O)(c2ccccc2)c2ccccc2)cc1. The summed E-state index contributed by atoms with van der Waals surface area (Å²) >= 11 is 0. The van der Waals surface area contributed by atoms with Crippen molar-refractivity contribution in [2.24, 2.45) is 0 Å². The van der Waals surface area contributed by atoms with Crippen LogP contribution in [0.15, 0.2) is 97.6 Å². The highest BCUT2D eigenvalue weighted by atomic mass is 16.6. The van der Waals surface area contributed by atoms with E-state index in [1.54, 1.807) is 11.7 Å². The van der Waals surface area contributed by atoms with Gasteiger partial charge in [0.1, 0.15) is 41.0 Å². The van der Waals surface area contributed by atoms with Gasteiger partial charge in [-0.1, -0.05) is 72.8 Å². The molecule has 1 saturated heterocycles. The van der Waals surface area contributed by atoms with Crippen LogP contribution in [-0.2, 0) is 15.1 Å². The van der Waals surface area contributed by atoms with Gasteiger partial charge in [-0.25, -0.2) is 15.0 Å². The Bertz CT molecular complexity index is 1590. The molecule has 0 amide bonds. The van der Waals surface area contributed by atoms with Crippen LogP contribution in [0.2, 0.25) is 0 Å². The molecule has 41 heavy (non-hydrogen) atoms. The molecule has 4 N–H and O–H groups in total. The van der Waals surface area contributed by atoms with E-state index in [-0.39, 0.29) is 12.4 Å². The van der Waals surface area contributed by atoms with E-state index >= 15 is 0 Å². The van der Waals surface area contributed by atoms with Crippen molar-refractivity contribution in [1.29, 1.82) is 0 Å². The second-order valence-corrected chi connectivity index (χ2v) is 10.2. The number of aliphatic hydroxyl groups is 2. The molecule has 1 fully saturated rings. The summed E-state index contributed by atoms with van der Waals surface area (Å²) in [6, 6.07) is 27.4. The second-order valence-electron chi connectivity index (χ2n) is 10.2. The molecule has 0 spiro atoms. The van der Waals surface area contributed by atoms with E-state index in [1.165, 1.54) is 19.6 Å². The van der Waals surface area contributed by atoms with Gasteiger partial charge >= 0.3 is 0 Å². The molecule has 0 saturated carbocycles. The molecule has 5 aromatic rings. The molecule has 0 unspecified atom stereocenters. The fourth-order valence-electron chi connectivity index (χ4n) is 5.55. The van der Waals surface area contributed by atoms with Gasteiger partial charge in [-0.3, -0.25) is 4.57 Å². The lowest BCUT2D eigenvalue weighted by Gasteiger charge is -2.37. The van der Waals surface area contributed by atoms with Gasteiger partial charge in [-0.2, -0.15) is 0 Å². The minimum Gasteiger partial charge on any atom is -0.497 e. The summed E-state index contributed by atoms with van der Waals surface area (Å²) in [7, 11) is 1.62. The van der Waals surface area contributed by atoms with Gasteiger partial charge in [0, 0.05) is 0 Å². The summed E-state index contributed by atoms with van der Waals surface area (Å²) in [5.41, 5.74) is 6.61. The Morgan fingerprint density at radius 1 is 0.927 bits per heavy atom. The Balaban J connectivity index is 1.40. The number of benzene rings is 3. The number of rotatable bonds is 8. The normalized spacial score (nSPS) is 22.7. The number of aliphatic hydroxyl groups excluding tert-OH is 1. The van der Waals surface area contributed by atoms with Gasteiger partial charge in [0.05, 0.1) is 20.0 Å². The van der Waals surface area contributed by atoms with Crippen LogP contribution < -0.4 is 10.5 Å². The zero-order valence-corrected chi connectivity index (χ0v) is 22.7. The van der Waals surface area contributed by atoms with Gasteiger partial charge in [-0.05, 0) is 35.7 Å². The Hall–Kier alpha value is -4.35. The summed E-state index contributed by atoms with van der Waals surface area (Å²) < 4.78 is 20.1. The quantitative estimate of drug-likeness (QED) is 0.247. The predicted octanol–water partition coefficient (Wildman–Crippen LogP) is 3.44. The molecule has 2 aromatic heterocycles. The fourth-order valence-corrected chi connectivity index (χ4v) is 5.55. The first-order chi connectivity index (χ1) is 19.9. The van der Waals surface area contributed by atoms with Crippen molar-refractivity contribution in [1.82, 2.24) is 19.5 Å². The molecule has 210 valence electrons. The highest BCUT2D eigenvalue weighted by Gasteiger charge is 2.54. The molecule has 10 nitrogen and oxygen atoms in total. The van der Waals surface area contributed by atoms with Crippen LogP contribution in [0.25, 0.3) is 11.2 Å². The predicted molar refractivity (Wildman–Crippen MR) is 152 cm³/mol. The van der Waals surface area contributed by atoms with Gasteiger partial charge in [0.25, 0.3) is 0 Å². The Kier molecular flexibility index (Phi) is 6.92. The minimum absolute atomic E-state index is 0.0482. The van der Waals surface area contributed by atoms with Crippen LogP contribution in [-0.4, -0.2) is 61.3 Å². The molecule has 3 aromatic carbocycles. The number of aromatic nitrogens is 4. The van der Waals surface area contributed by atoms with Crippen molar-refractivity contribution in [2.75, 3.05) is 19.5 Å². The van der Waals surface area contributed by atoms with E-state index in [0.29, 0.717) is 16.9 Å². The van der Waals surface area contributed by atoms with Gasteiger partial charge in [0.15, 0.2) is 17.7 Å². The molecule has 3 heterocycles. The van der Waals surface area contributed by atoms with Gasteiger partial charge in [-0.15, -0.1) is 0 Å². The van der Waals surface area contributed by atoms with Crippen LogP contribution in [0, 0.1) is 0 Å². The Morgan fingerprint density at radius 3 is 2.15 bits per heavy atom. The first-order valence-electron chi connectivity index (χ1n) is 13.2. The van der Waals surface area contributed by atoms with E-state index in [4.69, 9.17) is 19.9 Å². The summed E-state index contributed by atoms with van der Waals surface area (Å²) in [6.07, 6.45) is -0.394. The summed E-state index contributed by atoms with van der Waals surface area (Å²) in [4.78, 5) is 12.5. The number of nitrogens with zero attached hydrogens (tertiary/aromatic N) is 4. The molecule has 1 aliphatic heterocycles. The Morgan fingerprint density at radius 2 is 1.54 bits per heavy atom. The number of fused-ring (bicyclic) bond motifs is 1. The third kappa shape index (κ3) is 4.51. The maximum Gasteiger partial charge on any atom is 0.168 e. The number of imidazole rings is 1. The molecule has 4 atom stereocenters. The highest BCUT2D eigenvalue weighted by Crippen LogP contribution is 2.44. The number of anilines is 1. The molecule has 10 heteroatoms. The number of nitrogen functional groups attached to an aromatic ring is 1. The summed E-state index contributed by atoms with van der Waals surface area (Å²) in [5.74, 6) is 0.927. The van der Waals surface area contributed by atoms with E-state index < -0.39 is 29.6 Å². The highest BCUT2D eigenvalue weighted by molar-refractivity contribution is 5.81. The molecule has 0 bridgehead atoms. The van der Waals surface area contributed by atoms with Crippen molar-refractivity contribution in [3.8, 4) is 5.75 Å². The Labute approximate surface area is 237 Å². The maximum atomic E-state index is 11.5. The molecule has 0 aliphatic carbocycles. The molecule has 1 aliphatic rings. The maximum absolute atomic E-state index is 11.5. The molecule has 0 radical (unpaired) electrons. The third-order valence-electron chi connectivity index (χ3n) is 7.72. The van der Waals surface area contributed by atoms with Gasteiger partial charge < -0.3 is 30.2 Å². The molecule has 6 rings (SSSR count). The third-order valence-corrected chi connectivity index (χ3v) is 7.72. The van der Waals surface area contributed by atoms with Crippen LogP contribution in [0.1, 0.15) is 29.8 Å². The summed E-state index contributed by atoms with van der Waals surface area (Å²) in [6.45, 7) is 1.47. The average molecular weight is 554 g/mol. The van der Waals surface area contributed by atoms with Crippen molar-refractivity contribution in [3.05, 3.63) is 114 Å². The smallest absolute Gasteiger partial charge is 0.168 e. The fraction of sp³-hybridized carbons (Fsp3) is 0.258. The number of hydrogen-bond acceptors (Lipinski definition) is 9. The van der Waals surface area contributed by atoms with Crippen LogP contribution >= 0.6 is 0 Å². The number of nitrogens with two attached hydrogens (primary N) is 1. The van der Waals surface area contributed by atoms with E-state index in [0.717, 1.165) is 16.7 Å². The van der Waals surface area contributed by atoms with Gasteiger partial charge in [0.2, 0.25) is 0 Å². The van der Waals surface area contributed by atoms with Crippen molar-refractivity contribution in [3.63, 3.8) is 0 Å². The standard InChI is InChI=1S/C31H31N5O5/c1-30(38)26(37)24(41-29(30)36-19-35-25-27(32)33-18-34-28(25)36)17-40-31(20-9-5-3-6-10-20,21-11-7-4-8-12-21)22-13-15-23(39-2)16-14-22/h3-16,18-19,24,26,29,37-38H,17H2,1-2H3,(H2,32,33,34)/t24-,26-,29-,30-/m1/s1. The van der Waals surface area contributed by atoms with E-state index in [9.17, 15) is 10.2 Å². The second kappa shape index (κ2) is 10.6. The largest absolute Gasteiger partial charge is 0.497 e. The molecular formula is C31H31N5O5. The van der Waals surface area contributed by atoms with Crippen LogP contribution in [0.3, 0.4) is 0 Å². The lowest BCUT2D eigenvalue weighted by Crippen LogP contribution is -2.45. The monoisotopic (exact) mass is 553 g/mol. The van der Waals surface area contributed by atoms with Crippen molar-refractivity contribution < 1.29 is 24.4 Å². The summed E-state index contributed by atoms with van der Waals surface area (Å²) in [5, 5.41) is 22.8. The lowest BCUT2D eigenvalue weighted by molar-refractivity contribution is -0.103. The van der Waals surface area contributed by atoms with E-state index in [2.05, 4.69) is 15.0 Å². The van der Waals surface area contributed by atoms with Crippen LogP contribution in [0.5, 0.6) is 5.75 Å². The lowest BCUT2D eigenvalue weighted by atomic mass is 9.80.